The van der Waals surface area contributed by atoms with E-state index in [0.717, 1.165) is 40.6 Å². The fraction of sp³-hybridized carbons (Fsp3) is 0.533. The summed E-state index contributed by atoms with van der Waals surface area (Å²) in [6.07, 6.45) is 4.22. The summed E-state index contributed by atoms with van der Waals surface area (Å²) in [5, 5.41) is 9.64. The van der Waals surface area contributed by atoms with Crippen LogP contribution in [0.25, 0.3) is 0 Å². The van der Waals surface area contributed by atoms with Crippen LogP contribution in [0.2, 0.25) is 0 Å². The van der Waals surface area contributed by atoms with Crippen LogP contribution in [-0.2, 0) is 16.6 Å². The van der Waals surface area contributed by atoms with Crippen molar-refractivity contribution in [3.8, 4) is 5.75 Å². The van der Waals surface area contributed by atoms with Crippen molar-refractivity contribution in [2.45, 2.75) is 44.4 Å². The summed E-state index contributed by atoms with van der Waals surface area (Å²) in [6.45, 7) is 2.06. The molecule has 19 heavy (non-hydrogen) atoms. The SMILES string of the molecule is CCc1c(Br)cc(C2(C(=O)O)CCCC2)cc1OC. The second-order valence-corrected chi connectivity index (χ2v) is 5.94. The van der Waals surface area contributed by atoms with E-state index in [0.29, 0.717) is 12.8 Å². The number of carboxylic acids is 1. The van der Waals surface area contributed by atoms with Crippen molar-refractivity contribution < 1.29 is 14.6 Å². The highest BCUT2D eigenvalue weighted by molar-refractivity contribution is 9.10. The van der Waals surface area contributed by atoms with E-state index in [4.69, 9.17) is 4.74 Å². The molecule has 0 bridgehead atoms. The van der Waals surface area contributed by atoms with E-state index >= 15 is 0 Å². The van der Waals surface area contributed by atoms with E-state index in [1.54, 1.807) is 7.11 Å². The van der Waals surface area contributed by atoms with Crippen molar-refractivity contribution in [3.63, 3.8) is 0 Å². The Balaban J connectivity index is 2.56. The molecular formula is C15H19BrO3. The Morgan fingerprint density at radius 3 is 2.53 bits per heavy atom. The standard InChI is InChI=1S/C15H19BrO3/c1-3-11-12(16)8-10(9-13(11)19-2)15(14(17)18)6-4-5-7-15/h8-9H,3-7H2,1-2H3,(H,17,18). The molecule has 104 valence electrons. The number of rotatable bonds is 4. The summed E-state index contributed by atoms with van der Waals surface area (Å²) >= 11 is 3.55. The molecule has 0 unspecified atom stereocenters. The van der Waals surface area contributed by atoms with Crippen molar-refractivity contribution in [1.82, 2.24) is 0 Å². The van der Waals surface area contributed by atoms with Crippen molar-refractivity contribution in [1.29, 1.82) is 0 Å². The number of methoxy groups -OCH3 is 1. The normalized spacial score (nSPS) is 17.4. The summed E-state index contributed by atoms with van der Waals surface area (Å²) < 4.78 is 6.36. The minimum absolute atomic E-state index is 0.712. The smallest absolute Gasteiger partial charge is 0.314 e. The van der Waals surface area contributed by atoms with E-state index in [-0.39, 0.29) is 0 Å². The first kappa shape index (κ1) is 14.4. The molecular weight excluding hydrogens is 308 g/mol. The fourth-order valence-electron chi connectivity index (χ4n) is 3.02. The van der Waals surface area contributed by atoms with E-state index in [9.17, 15) is 9.90 Å². The van der Waals surface area contributed by atoms with Crippen molar-refractivity contribution >= 4 is 21.9 Å². The fourth-order valence-corrected chi connectivity index (χ4v) is 3.74. The molecule has 0 heterocycles. The zero-order valence-electron chi connectivity index (χ0n) is 11.3. The second-order valence-electron chi connectivity index (χ2n) is 5.09. The zero-order valence-corrected chi connectivity index (χ0v) is 12.9. The summed E-state index contributed by atoms with van der Waals surface area (Å²) in [5.74, 6) is 0.0580. The largest absolute Gasteiger partial charge is 0.496 e. The van der Waals surface area contributed by atoms with Crippen LogP contribution in [0.4, 0.5) is 0 Å². The highest BCUT2D eigenvalue weighted by Gasteiger charge is 2.43. The van der Waals surface area contributed by atoms with Gasteiger partial charge in [0.05, 0.1) is 12.5 Å². The molecule has 1 aliphatic carbocycles. The number of benzene rings is 1. The number of carbonyl (C=O) groups is 1. The Morgan fingerprint density at radius 2 is 2.05 bits per heavy atom. The predicted octanol–water partition coefficient (Wildman–Crippen LogP) is 3.92. The highest BCUT2D eigenvalue weighted by atomic mass is 79.9. The molecule has 4 heteroatoms. The molecule has 1 N–H and O–H groups in total. The van der Waals surface area contributed by atoms with Crippen LogP contribution < -0.4 is 4.74 Å². The van der Waals surface area contributed by atoms with Crippen molar-refractivity contribution in [2.24, 2.45) is 0 Å². The van der Waals surface area contributed by atoms with E-state index < -0.39 is 11.4 Å². The maximum absolute atomic E-state index is 11.7. The summed E-state index contributed by atoms with van der Waals surface area (Å²) in [7, 11) is 1.63. The number of carboxylic acid groups (broad SMARTS) is 1. The van der Waals surface area contributed by atoms with Gasteiger partial charge in [-0.05, 0) is 37.0 Å². The quantitative estimate of drug-likeness (QED) is 0.912. The Kier molecular flexibility index (Phi) is 4.19. The molecule has 0 atom stereocenters. The lowest BCUT2D eigenvalue weighted by Crippen LogP contribution is -2.32. The molecule has 2 rings (SSSR count). The molecule has 0 radical (unpaired) electrons. The van der Waals surface area contributed by atoms with Gasteiger partial charge in [-0.15, -0.1) is 0 Å². The van der Waals surface area contributed by atoms with Gasteiger partial charge >= 0.3 is 5.97 Å². The van der Waals surface area contributed by atoms with Gasteiger partial charge in [-0.3, -0.25) is 4.79 Å². The Hall–Kier alpha value is -1.03. The second kappa shape index (κ2) is 5.53. The minimum atomic E-state index is -0.734. The van der Waals surface area contributed by atoms with Crippen molar-refractivity contribution in [3.05, 3.63) is 27.7 Å². The molecule has 3 nitrogen and oxygen atoms in total. The summed E-state index contributed by atoms with van der Waals surface area (Å²) in [5.41, 5.74) is 1.21. The van der Waals surface area contributed by atoms with Crippen LogP contribution in [-0.4, -0.2) is 18.2 Å². The van der Waals surface area contributed by atoms with Crippen LogP contribution >= 0.6 is 15.9 Å². The zero-order chi connectivity index (χ0) is 14.0. The lowest BCUT2D eigenvalue weighted by atomic mass is 9.78. The first-order chi connectivity index (χ1) is 9.05. The lowest BCUT2D eigenvalue weighted by Gasteiger charge is -2.26. The third-order valence-corrected chi connectivity index (χ3v) is 4.85. The number of ether oxygens (including phenoxy) is 1. The first-order valence-corrected chi connectivity index (χ1v) is 7.44. The van der Waals surface area contributed by atoms with E-state index in [1.165, 1.54) is 0 Å². The van der Waals surface area contributed by atoms with Crippen LogP contribution in [0.15, 0.2) is 16.6 Å². The third kappa shape index (κ3) is 2.38. The Bertz CT molecular complexity index is 490. The number of halogens is 1. The maximum Gasteiger partial charge on any atom is 0.314 e. The molecule has 1 saturated carbocycles. The van der Waals surface area contributed by atoms with Crippen LogP contribution in [0.1, 0.15) is 43.7 Å². The van der Waals surface area contributed by atoms with E-state index in [1.807, 2.05) is 12.1 Å². The third-order valence-electron chi connectivity index (χ3n) is 4.15. The molecule has 0 aliphatic heterocycles. The van der Waals surface area contributed by atoms with E-state index in [2.05, 4.69) is 22.9 Å². The monoisotopic (exact) mass is 326 g/mol. The minimum Gasteiger partial charge on any atom is -0.496 e. The van der Waals surface area contributed by atoms with Crippen molar-refractivity contribution in [2.75, 3.05) is 7.11 Å². The summed E-state index contributed by atoms with van der Waals surface area (Å²) in [4.78, 5) is 11.7. The highest BCUT2D eigenvalue weighted by Crippen LogP contribution is 2.44. The molecule has 1 fully saturated rings. The average molecular weight is 327 g/mol. The van der Waals surface area contributed by atoms with Gasteiger partial charge in [-0.1, -0.05) is 35.7 Å². The molecule has 0 spiro atoms. The summed E-state index contributed by atoms with van der Waals surface area (Å²) in [6, 6.07) is 3.86. The van der Waals surface area contributed by atoms with Gasteiger partial charge in [0.2, 0.25) is 0 Å². The molecule has 0 amide bonds. The predicted molar refractivity (Wildman–Crippen MR) is 77.9 cm³/mol. The first-order valence-electron chi connectivity index (χ1n) is 6.65. The van der Waals surface area contributed by atoms with Gasteiger partial charge in [-0.25, -0.2) is 0 Å². The number of aliphatic carboxylic acids is 1. The number of hydrogen-bond donors (Lipinski definition) is 1. The van der Waals surface area contributed by atoms with Gasteiger partial charge in [0, 0.05) is 10.0 Å². The van der Waals surface area contributed by atoms with Gasteiger partial charge in [0.1, 0.15) is 5.75 Å². The average Bonchev–Trinajstić information content (AvgIpc) is 2.88. The van der Waals surface area contributed by atoms with Crippen LogP contribution in [0.5, 0.6) is 5.75 Å². The molecule has 0 aromatic heterocycles. The number of hydrogen-bond acceptors (Lipinski definition) is 2. The van der Waals surface area contributed by atoms with Gasteiger partial charge in [0.25, 0.3) is 0 Å². The van der Waals surface area contributed by atoms with Gasteiger partial charge in [-0.2, -0.15) is 0 Å². The molecule has 1 aromatic carbocycles. The van der Waals surface area contributed by atoms with Crippen LogP contribution in [0, 0.1) is 0 Å². The van der Waals surface area contributed by atoms with Crippen LogP contribution in [0.3, 0.4) is 0 Å². The van der Waals surface area contributed by atoms with Gasteiger partial charge in [0.15, 0.2) is 0 Å². The van der Waals surface area contributed by atoms with Gasteiger partial charge < -0.3 is 9.84 Å². The molecule has 0 saturated heterocycles. The Labute approximate surface area is 122 Å². The lowest BCUT2D eigenvalue weighted by molar-refractivity contribution is -0.143. The molecule has 1 aromatic rings. The topological polar surface area (TPSA) is 46.5 Å². The molecule has 1 aliphatic rings. The Morgan fingerprint density at radius 1 is 1.42 bits per heavy atom. The maximum atomic E-state index is 11.7.